The Labute approximate surface area is 112 Å². The van der Waals surface area contributed by atoms with E-state index < -0.39 is 17.7 Å². The lowest BCUT2D eigenvalue weighted by molar-refractivity contribution is 0.511. The highest BCUT2D eigenvalue weighted by Crippen LogP contribution is 2.29. The molecule has 0 saturated heterocycles. The summed E-state index contributed by atoms with van der Waals surface area (Å²) in [6, 6.07) is 3.68. The first-order valence-corrected chi connectivity index (χ1v) is 6.14. The van der Waals surface area contributed by atoms with E-state index in [4.69, 9.17) is 0 Å². The molecule has 0 amide bonds. The predicted molar refractivity (Wildman–Crippen MR) is 68.2 cm³/mol. The quantitative estimate of drug-likeness (QED) is 0.883. The number of hydrogen-bond acceptors (Lipinski definition) is 2. The second-order valence-electron chi connectivity index (χ2n) is 3.89. The van der Waals surface area contributed by atoms with Crippen LogP contribution in [0.5, 0.6) is 0 Å². The van der Waals surface area contributed by atoms with E-state index in [9.17, 15) is 8.78 Å². The molecular weight excluding hydrogens is 304 g/mol. The fourth-order valence-corrected chi connectivity index (χ4v) is 2.18. The van der Waals surface area contributed by atoms with E-state index in [2.05, 4.69) is 26.3 Å². The number of rotatable bonds is 3. The third-order valence-corrected chi connectivity index (χ3v) is 3.30. The largest absolute Gasteiger partial charge is 0.308 e. The van der Waals surface area contributed by atoms with Gasteiger partial charge in [-0.15, -0.1) is 0 Å². The summed E-state index contributed by atoms with van der Waals surface area (Å²) in [6.45, 7) is 0. The molecule has 0 aliphatic carbocycles. The third kappa shape index (κ3) is 2.30. The molecular formula is C12H12BrF2N3. The first-order chi connectivity index (χ1) is 8.54. The average Bonchev–Trinajstić information content (AvgIpc) is 2.76. The van der Waals surface area contributed by atoms with E-state index in [1.807, 2.05) is 0 Å². The van der Waals surface area contributed by atoms with Gasteiger partial charge in [0.05, 0.1) is 16.2 Å². The van der Waals surface area contributed by atoms with Gasteiger partial charge in [0.1, 0.15) is 11.6 Å². The molecule has 18 heavy (non-hydrogen) atoms. The van der Waals surface area contributed by atoms with Crippen molar-refractivity contribution < 1.29 is 8.78 Å². The summed E-state index contributed by atoms with van der Waals surface area (Å²) in [7, 11) is 3.39. The highest BCUT2D eigenvalue weighted by Gasteiger charge is 2.23. The standard InChI is InChI=1S/C12H12BrF2N3/c1-16-12(9-5-6-18(2)17-9)10-8(14)4-3-7(13)11(10)15/h3-6,12,16H,1-2H3. The summed E-state index contributed by atoms with van der Waals surface area (Å²) >= 11 is 3.06. The molecule has 2 aromatic rings. The molecule has 0 fully saturated rings. The number of benzene rings is 1. The Kier molecular flexibility index (Phi) is 3.77. The third-order valence-electron chi connectivity index (χ3n) is 2.69. The van der Waals surface area contributed by atoms with Gasteiger partial charge in [-0.3, -0.25) is 4.68 Å². The molecule has 1 aromatic heterocycles. The van der Waals surface area contributed by atoms with Gasteiger partial charge in [-0.1, -0.05) is 0 Å². The van der Waals surface area contributed by atoms with Crippen molar-refractivity contribution in [2.45, 2.75) is 6.04 Å². The van der Waals surface area contributed by atoms with Crippen molar-refractivity contribution in [1.29, 1.82) is 0 Å². The fourth-order valence-electron chi connectivity index (χ4n) is 1.83. The van der Waals surface area contributed by atoms with Crippen LogP contribution in [0.3, 0.4) is 0 Å². The number of aryl methyl sites for hydroxylation is 1. The molecule has 0 bridgehead atoms. The van der Waals surface area contributed by atoms with Crippen LogP contribution < -0.4 is 5.32 Å². The molecule has 1 unspecified atom stereocenters. The molecule has 3 nitrogen and oxygen atoms in total. The van der Waals surface area contributed by atoms with Crippen molar-refractivity contribution in [1.82, 2.24) is 15.1 Å². The maximum absolute atomic E-state index is 14.0. The molecule has 2 rings (SSSR count). The molecule has 0 spiro atoms. The molecule has 96 valence electrons. The molecule has 0 radical (unpaired) electrons. The Morgan fingerprint density at radius 2 is 2.06 bits per heavy atom. The Balaban J connectivity index is 2.55. The SMILES string of the molecule is CNC(c1ccn(C)n1)c1c(F)ccc(Br)c1F. The van der Waals surface area contributed by atoms with Gasteiger partial charge in [-0.2, -0.15) is 5.10 Å². The first kappa shape index (κ1) is 13.2. The normalized spacial score (nSPS) is 12.7. The number of nitrogens with one attached hydrogen (secondary N) is 1. The van der Waals surface area contributed by atoms with Gasteiger partial charge >= 0.3 is 0 Å². The minimum Gasteiger partial charge on any atom is -0.308 e. The topological polar surface area (TPSA) is 29.9 Å². The highest BCUT2D eigenvalue weighted by atomic mass is 79.9. The van der Waals surface area contributed by atoms with Crippen LogP contribution in [-0.2, 0) is 7.05 Å². The van der Waals surface area contributed by atoms with E-state index >= 15 is 0 Å². The lowest BCUT2D eigenvalue weighted by atomic mass is 10.0. The summed E-state index contributed by atoms with van der Waals surface area (Å²) in [5, 5.41) is 7.06. The van der Waals surface area contributed by atoms with Gasteiger partial charge in [0.25, 0.3) is 0 Å². The van der Waals surface area contributed by atoms with E-state index in [1.54, 1.807) is 31.0 Å². The number of nitrogens with zero attached hydrogens (tertiary/aromatic N) is 2. The lowest BCUT2D eigenvalue weighted by Crippen LogP contribution is -2.21. The second kappa shape index (κ2) is 5.16. The van der Waals surface area contributed by atoms with Crippen molar-refractivity contribution in [2.75, 3.05) is 7.05 Å². The van der Waals surface area contributed by atoms with Crippen LogP contribution in [0.25, 0.3) is 0 Å². The van der Waals surface area contributed by atoms with Crippen LogP contribution >= 0.6 is 15.9 Å². The molecule has 0 saturated carbocycles. The van der Waals surface area contributed by atoms with Crippen molar-refractivity contribution in [3.05, 3.63) is 51.8 Å². The predicted octanol–water partition coefficient (Wildman–Crippen LogP) is 2.77. The van der Waals surface area contributed by atoms with Gasteiger partial charge in [-0.25, -0.2) is 8.78 Å². The van der Waals surface area contributed by atoms with Crippen LogP contribution in [0.1, 0.15) is 17.3 Å². The van der Waals surface area contributed by atoms with E-state index in [-0.39, 0.29) is 10.0 Å². The fraction of sp³-hybridized carbons (Fsp3) is 0.250. The van der Waals surface area contributed by atoms with Crippen LogP contribution in [-0.4, -0.2) is 16.8 Å². The number of halogens is 3. The Morgan fingerprint density at radius 3 is 2.61 bits per heavy atom. The molecule has 0 aliphatic heterocycles. The van der Waals surface area contributed by atoms with Gasteiger partial charge in [-0.05, 0) is 41.2 Å². The molecule has 1 heterocycles. The first-order valence-electron chi connectivity index (χ1n) is 5.34. The van der Waals surface area contributed by atoms with Crippen molar-refractivity contribution in [3.63, 3.8) is 0 Å². The zero-order valence-corrected chi connectivity index (χ0v) is 11.5. The number of hydrogen-bond donors (Lipinski definition) is 1. The molecule has 6 heteroatoms. The van der Waals surface area contributed by atoms with Crippen LogP contribution in [0.15, 0.2) is 28.9 Å². The Morgan fingerprint density at radius 1 is 1.33 bits per heavy atom. The summed E-state index contributed by atoms with van der Waals surface area (Å²) in [5.74, 6) is -1.21. The maximum atomic E-state index is 14.0. The zero-order valence-electron chi connectivity index (χ0n) is 9.92. The van der Waals surface area contributed by atoms with Crippen LogP contribution in [0.2, 0.25) is 0 Å². The molecule has 1 N–H and O–H groups in total. The average molecular weight is 316 g/mol. The van der Waals surface area contributed by atoms with Crippen LogP contribution in [0, 0.1) is 11.6 Å². The molecule has 1 atom stereocenters. The Bertz CT molecular complexity index is 568. The highest BCUT2D eigenvalue weighted by molar-refractivity contribution is 9.10. The van der Waals surface area contributed by atoms with Gasteiger partial charge < -0.3 is 5.32 Å². The van der Waals surface area contributed by atoms with E-state index in [1.165, 1.54) is 12.1 Å². The Hall–Kier alpha value is -1.27. The van der Waals surface area contributed by atoms with Crippen molar-refractivity contribution in [2.24, 2.45) is 7.05 Å². The molecule has 1 aromatic carbocycles. The number of aromatic nitrogens is 2. The summed E-state index contributed by atoms with van der Waals surface area (Å²) < 4.78 is 29.7. The van der Waals surface area contributed by atoms with Crippen molar-refractivity contribution in [3.8, 4) is 0 Å². The van der Waals surface area contributed by atoms with Crippen LogP contribution in [0.4, 0.5) is 8.78 Å². The summed E-state index contributed by atoms with van der Waals surface area (Å²) in [6.07, 6.45) is 1.73. The van der Waals surface area contributed by atoms with E-state index in [0.717, 1.165) is 0 Å². The van der Waals surface area contributed by atoms with Crippen molar-refractivity contribution >= 4 is 15.9 Å². The van der Waals surface area contributed by atoms with Gasteiger partial charge in [0.15, 0.2) is 0 Å². The molecule has 0 aliphatic rings. The zero-order chi connectivity index (χ0) is 13.3. The summed E-state index contributed by atoms with van der Waals surface area (Å²) in [4.78, 5) is 0. The van der Waals surface area contributed by atoms with Gasteiger partial charge in [0.2, 0.25) is 0 Å². The monoisotopic (exact) mass is 315 g/mol. The minimum absolute atomic E-state index is 0.0365. The smallest absolute Gasteiger partial charge is 0.145 e. The second-order valence-corrected chi connectivity index (χ2v) is 4.75. The van der Waals surface area contributed by atoms with Gasteiger partial charge in [0, 0.05) is 18.8 Å². The summed E-state index contributed by atoms with van der Waals surface area (Å²) in [5.41, 5.74) is 0.529. The minimum atomic E-state index is -0.622. The lowest BCUT2D eigenvalue weighted by Gasteiger charge is -2.16. The maximum Gasteiger partial charge on any atom is 0.145 e. The van der Waals surface area contributed by atoms with E-state index in [0.29, 0.717) is 5.69 Å².